The standard InChI is InChI=1S/C19H23N3O5/c23-16(20-14-8-3-1-2-6-12(14)18(25)26)10-11-22-15-9-5-4-7-13(15)17(24)21-19(22)27/h4-5,7,9,12,14H,1-3,6,8,10-11H2,(H,20,23)(H,25,26)(H,21,24,27)/t12-,14+/m1/s1. The van der Waals surface area contributed by atoms with E-state index in [0.29, 0.717) is 23.7 Å². The third-order valence-corrected chi connectivity index (χ3v) is 5.15. The number of fused-ring (bicyclic) bond motifs is 1. The summed E-state index contributed by atoms with van der Waals surface area (Å²) in [4.78, 5) is 50.1. The Bertz CT molecular complexity index is 962. The summed E-state index contributed by atoms with van der Waals surface area (Å²) in [5.74, 6) is -1.76. The van der Waals surface area contributed by atoms with Crippen molar-refractivity contribution in [3.8, 4) is 0 Å². The molecule has 0 radical (unpaired) electrons. The summed E-state index contributed by atoms with van der Waals surface area (Å²) >= 11 is 0. The first kappa shape index (κ1) is 18.9. The molecule has 3 N–H and O–H groups in total. The van der Waals surface area contributed by atoms with Gasteiger partial charge in [-0.1, -0.05) is 31.4 Å². The highest BCUT2D eigenvalue weighted by atomic mass is 16.4. The van der Waals surface area contributed by atoms with Crippen LogP contribution in [0.4, 0.5) is 0 Å². The first-order valence-electron chi connectivity index (χ1n) is 9.21. The lowest BCUT2D eigenvalue weighted by molar-refractivity contribution is -0.143. The number of H-pyrrole nitrogens is 1. The number of nitrogens with one attached hydrogen (secondary N) is 2. The van der Waals surface area contributed by atoms with Crippen molar-refractivity contribution in [2.75, 3.05) is 0 Å². The number of para-hydroxylation sites is 1. The number of carboxylic acids is 1. The Morgan fingerprint density at radius 2 is 1.89 bits per heavy atom. The Labute approximate surface area is 155 Å². The van der Waals surface area contributed by atoms with Gasteiger partial charge in [-0.25, -0.2) is 4.79 Å². The van der Waals surface area contributed by atoms with Crippen LogP contribution < -0.4 is 16.6 Å². The number of rotatable bonds is 5. The first-order chi connectivity index (χ1) is 13.0. The van der Waals surface area contributed by atoms with Crippen molar-refractivity contribution in [1.29, 1.82) is 0 Å². The van der Waals surface area contributed by atoms with Crippen LogP contribution in [0.1, 0.15) is 38.5 Å². The second-order valence-electron chi connectivity index (χ2n) is 6.93. The number of aromatic amines is 1. The number of carbonyl (C=O) groups excluding carboxylic acids is 1. The number of amides is 1. The molecule has 0 bridgehead atoms. The molecule has 8 heteroatoms. The summed E-state index contributed by atoms with van der Waals surface area (Å²) in [6.07, 6.45) is 3.93. The van der Waals surface area contributed by atoms with Gasteiger partial charge >= 0.3 is 11.7 Å². The zero-order valence-corrected chi connectivity index (χ0v) is 14.9. The molecule has 1 amide bonds. The molecule has 2 aromatic rings. The largest absolute Gasteiger partial charge is 0.481 e. The minimum Gasteiger partial charge on any atom is -0.481 e. The fourth-order valence-electron chi connectivity index (χ4n) is 3.73. The highest BCUT2D eigenvalue weighted by Gasteiger charge is 2.30. The van der Waals surface area contributed by atoms with E-state index < -0.39 is 23.1 Å². The lowest BCUT2D eigenvalue weighted by Crippen LogP contribution is -2.43. The Morgan fingerprint density at radius 1 is 1.15 bits per heavy atom. The van der Waals surface area contributed by atoms with Crippen molar-refractivity contribution in [1.82, 2.24) is 14.9 Å². The highest BCUT2D eigenvalue weighted by molar-refractivity contribution is 5.79. The summed E-state index contributed by atoms with van der Waals surface area (Å²) in [6.45, 7) is 0.104. The van der Waals surface area contributed by atoms with Crippen molar-refractivity contribution >= 4 is 22.8 Å². The second-order valence-corrected chi connectivity index (χ2v) is 6.93. The van der Waals surface area contributed by atoms with Crippen LogP contribution >= 0.6 is 0 Å². The van der Waals surface area contributed by atoms with Crippen LogP contribution in [0, 0.1) is 5.92 Å². The van der Waals surface area contributed by atoms with Gasteiger partial charge in [-0.2, -0.15) is 0 Å². The third-order valence-electron chi connectivity index (χ3n) is 5.15. The zero-order valence-electron chi connectivity index (χ0n) is 14.9. The summed E-state index contributed by atoms with van der Waals surface area (Å²) in [6, 6.07) is 6.32. The number of aliphatic carboxylic acids is 1. The van der Waals surface area contributed by atoms with Gasteiger partial charge in [0.15, 0.2) is 0 Å². The summed E-state index contributed by atoms with van der Waals surface area (Å²) in [5.41, 5.74) is -0.555. The molecule has 0 saturated heterocycles. The molecule has 8 nitrogen and oxygen atoms in total. The van der Waals surface area contributed by atoms with E-state index in [1.807, 2.05) is 0 Å². The number of aromatic nitrogens is 2. The van der Waals surface area contributed by atoms with E-state index in [0.717, 1.165) is 19.3 Å². The topological polar surface area (TPSA) is 121 Å². The molecule has 0 spiro atoms. The molecular formula is C19H23N3O5. The SMILES string of the molecule is O=C(CCn1c(=O)[nH]c(=O)c2ccccc21)N[C@H]1CCCCC[C@H]1C(=O)O. The van der Waals surface area contributed by atoms with Crippen LogP contribution in [0.3, 0.4) is 0 Å². The third kappa shape index (κ3) is 4.27. The van der Waals surface area contributed by atoms with Gasteiger partial charge in [0.1, 0.15) is 0 Å². The van der Waals surface area contributed by atoms with Crippen LogP contribution in [0.15, 0.2) is 33.9 Å². The molecule has 1 saturated carbocycles. The van der Waals surface area contributed by atoms with Gasteiger partial charge in [0, 0.05) is 19.0 Å². The smallest absolute Gasteiger partial charge is 0.328 e. The van der Waals surface area contributed by atoms with Crippen LogP contribution in [0.2, 0.25) is 0 Å². The normalized spacial score (nSPS) is 20.1. The Hall–Kier alpha value is -2.90. The lowest BCUT2D eigenvalue weighted by atomic mass is 9.95. The maximum atomic E-state index is 12.4. The molecule has 1 aromatic heterocycles. The van der Waals surface area contributed by atoms with E-state index in [1.165, 1.54) is 4.57 Å². The number of hydrogen-bond donors (Lipinski definition) is 3. The number of hydrogen-bond acceptors (Lipinski definition) is 4. The van der Waals surface area contributed by atoms with E-state index in [9.17, 15) is 24.3 Å². The molecule has 0 unspecified atom stereocenters. The summed E-state index contributed by atoms with van der Waals surface area (Å²) in [5, 5.41) is 12.6. The minimum absolute atomic E-state index is 0.0266. The molecule has 27 heavy (non-hydrogen) atoms. The Morgan fingerprint density at radius 3 is 2.67 bits per heavy atom. The van der Waals surface area contributed by atoms with Gasteiger partial charge in [0.05, 0.1) is 16.8 Å². The highest BCUT2D eigenvalue weighted by Crippen LogP contribution is 2.24. The molecular weight excluding hydrogens is 350 g/mol. The monoisotopic (exact) mass is 373 g/mol. The second kappa shape index (κ2) is 8.20. The van der Waals surface area contributed by atoms with Crippen molar-refractivity contribution in [3.63, 3.8) is 0 Å². The van der Waals surface area contributed by atoms with Crippen LogP contribution in [-0.2, 0) is 16.1 Å². The van der Waals surface area contributed by atoms with Crippen molar-refractivity contribution in [2.45, 2.75) is 51.1 Å². The van der Waals surface area contributed by atoms with Gasteiger partial charge in [-0.3, -0.25) is 23.9 Å². The maximum Gasteiger partial charge on any atom is 0.328 e. The number of benzene rings is 1. The van der Waals surface area contributed by atoms with Gasteiger partial charge < -0.3 is 10.4 Å². The van der Waals surface area contributed by atoms with Gasteiger partial charge in [-0.15, -0.1) is 0 Å². The Balaban J connectivity index is 1.72. The number of carbonyl (C=O) groups is 2. The van der Waals surface area contributed by atoms with Crippen molar-refractivity contribution < 1.29 is 14.7 Å². The predicted molar refractivity (Wildman–Crippen MR) is 99.6 cm³/mol. The fourth-order valence-corrected chi connectivity index (χ4v) is 3.73. The van der Waals surface area contributed by atoms with E-state index >= 15 is 0 Å². The predicted octanol–water partition coefficient (Wildman–Crippen LogP) is 1.23. The van der Waals surface area contributed by atoms with Gasteiger partial charge in [0.2, 0.25) is 5.91 Å². The van der Waals surface area contributed by atoms with E-state index in [-0.39, 0.29) is 24.9 Å². The van der Waals surface area contributed by atoms with Crippen molar-refractivity contribution in [3.05, 3.63) is 45.1 Å². The molecule has 1 aromatic carbocycles. The number of aryl methyl sites for hydroxylation is 1. The average molecular weight is 373 g/mol. The molecule has 1 aliphatic rings. The molecule has 1 aliphatic carbocycles. The minimum atomic E-state index is -0.884. The van der Waals surface area contributed by atoms with E-state index in [1.54, 1.807) is 24.3 Å². The lowest BCUT2D eigenvalue weighted by Gasteiger charge is -2.23. The first-order valence-corrected chi connectivity index (χ1v) is 9.21. The Kier molecular flexibility index (Phi) is 5.73. The molecule has 1 fully saturated rings. The number of carboxylic acid groups (broad SMARTS) is 1. The van der Waals surface area contributed by atoms with Crippen LogP contribution in [0.5, 0.6) is 0 Å². The average Bonchev–Trinajstić information content (AvgIpc) is 2.87. The van der Waals surface area contributed by atoms with Gasteiger partial charge in [-0.05, 0) is 25.0 Å². The summed E-state index contributed by atoms with van der Waals surface area (Å²) < 4.78 is 1.36. The fraction of sp³-hybridized carbons (Fsp3) is 0.474. The molecule has 1 heterocycles. The quantitative estimate of drug-likeness (QED) is 0.681. The van der Waals surface area contributed by atoms with E-state index in [2.05, 4.69) is 10.3 Å². The van der Waals surface area contributed by atoms with Crippen molar-refractivity contribution in [2.24, 2.45) is 5.92 Å². The van der Waals surface area contributed by atoms with E-state index in [4.69, 9.17) is 0 Å². The molecule has 2 atom stereocenters. The van der Waals surface area contributed by atoms with Crippen LogP contribution in [0.25, 0.3) is 10.9 Å². The molecule has 0 aliphatic heterocycles. The molecule has 3 rings (SSSR count). The van der Waals surface area contributed by atoms with Crippen LogP contribution in [-0.4, -0.2) is 32.6 Å². The number of nitrogens with zero attached hydrogens (tertiary/aromatic N) is 1. The zero-order chi connectivity index (χ0) is 19.4. The maximum absolute atomic E-state index is 12.4. The summed E-state index contributed by atoms with van der Waals surface area (Å²) in [7, 11) is 0. The molecule has 144 valence electrons. The van der Waals surface area contributed by atoms with Gasteiger partial charge in [0.25, 0.3) is 5.56 Å².